The summed E-state index contributed by atoms with van der Waals surface area (Å²) in [5.41, 5.74) is 1.08. The fourth-order valence-corrected chi connectivity index (χ4v) is 4.47. The number of rotatable bonds is 6. The molecule has 7 heteroatoms. The van der Waals surface area contributed by atoms with Gasteiger partial charge in [0.2, 0.25) is 0 Å². The smallest absolute Gasteiger partial charge is 0.321 e. The molecule has 0 bridgehead atoms. The second-order valence-electron chi connectivity index (χ2n) is 6.88. The molecule has 2 heterocycles. The average molecular weight is 376 g/mol. The largest absolute Gasteiger partial charge is 0.338 e. The van der Waals surface area contributed by atoms with Crippen LogP contribution < -0.4 is 15.5 Å². The topological polar surface area (TPSA) is 75.5 Å². The van der Waals surface area contributed by atoms with Crippen LogP contribution in [0.2, 0.25) is 0 Å². The zero-order valence-corrected chi connectivity index (χ0v) is 16.0. The highest BCUT2D eigenvalue weighted by molar-refractivity contribution is 7.18. The van der Waals surface area contributed by atoms with E-state index in [1.165, 1.54) is 14.6 Å². The number of carbonyl (C=O) groups is 2. The number of hydrogen-bond donors (Lipinski definition) is 3. The van der Waals surface area contributed by atoms with Crippen LogP contribution in [-0.2, 0) is 4.79 Å². The van der Waals surface area contributed by atoms with Crippen molar-refractivity contribution in [1.29, 1.82) is 0 Å². The minimum absolute atomic E-state index is 0.201. The standard InChI is InChI=1S/C19H26N4O2S/c1-2-3-10-20-19(25)22-17(24)13-23-11-8-14(9-12-23)18-21-15-6-4-5-7-16(15)26-18/h4-7,14H,2-3,8-13H2,1H3,(H2,20,22,24,25)/p+1. The van der Waals surface area contributed by atoms with E-state index in [0.29, 0.717) is 19.0 Å². The maximum Gasteiger partial charge on any atom is 0.321 e. The van der Waals surface area contributed by atoms with Gasteiger partial charge in [-0.15, -0.1) is 11.3 Å². The number of benzene rings is 1. The molecule has 26 heavy (non-hydrogen) atoms. The Hall–Kier alpha value is -1.99. The van der Waals surface area contributed by atoms with Gasteiger partial charge in [0, 0.05) is 25.3 Å². The van der Waals surface area contributed by atoms with Crippen molar-refractivity contribution >= 4 is 33.5 Å². The van der Waals surface area contributed by atoms with Gasteiger partial charge in [-0.25, -0.2) is 9.78 Å². The number of unbranched alkanes of at least 4 members (excludes halogenated alkanes) is 1. The molecule has 1 saturated heterocycles. The molecule has 3 N–H and O–H groups in total. The van der Waals surface area contributed by atoms with E-state index in [9.17, 15) is 9.59 Å². The van der Waals surface area contributed by atoms with Gasteiger partial charge in [0.1, 0.15) is 0 Å². The highest BCUT2D eigenvalue weighted by atomic mass is 32.1. The van der Waals surface area contributed by atoms with Gasteiger partial charge < -0.3 is 10.2 Å². The van der Waals surface area contributed by atoms with E-state index in [4.69, 9.17) is 4.98 Å². The van der Waals surface area contributed by atoms with E-state index in [1.807, 2.05) is 12.1 Å². The lowest BCUT2D eigenvalue weighted by atomic mass is 9.97. The molecule has 6 nitrogen and oxygen atoms in total. The summed E-state index contributed by atoms with van der Waals surface area (Å²) in [6, 6.07) is 7.87. The SMILES string of the molecule is CCCCNC(=O)NC(=O)C[NH+]1CCC(c2nc3ccccc3s2)CC1. The third kappa shape index (κ3) is 5.02. The average Bonchev–Trinajstić information content (AvgIpc) is 3.06. The molecule has 0 radical (unpaired) electrons. The Morgan fingerprint density at radius 3 is 2.77 bits per heavy atom. The van der Waals surface area contributed by atoms with E-state index < -0.39 is 0 Å². The van der Waals surface area contributed by atoms with Crippen LogP contribution >= 0.6 is 11.3 Å². The van der Waals surface area contributed by atoms with Crippen molar-refractivity contribution < 1.29 is 14.5 Å². The molecule has 1 aromatic heterocycles. The van der Waals surface area contributed by atoms with Gasteiger partial charge in [-0.3, -0.25) is 10.1 Å². The number of aromatic nitrogens is 1. The number of imide groups is 1. The Kier molecular flexibility index (Phi) is 6.57. The first-order chi connectivity index (χ1) is 12.7. The molecule has 3 rings (SSSR count). The normalized spacial score (nSPS) is 20.0. The van der Waals surface area contributed by atoms with Crippen LogP contribution in [0.5, 0.6) is 0 Å². The molecule has 0 atom stereocenters. The molecule has 1 aliphatic rings. The van der Waals surface area contributed by atoms with Gasteiger partial charge in [-0.2, -0.15) is 0 Å². The van der Waals surface area contributed by atoms with E-state index in [-0.39, 0.29) is 11.9 Å². The molecule has 140 valence electrons. The molecule has 1 fully saturated rings. The van der Waals surface area contributed by atoms with Crippen LogP contribution in [0.1, 0.15) is 43.5 Å². The van der Waals surface area contributed by atoms with Crippen LogP contribution in [0, 0.1) is 0 Å². The van der Waals surface area contributed by atoms with Crippen LogP contribution in [0.15, 0.2) is 24.3 Å². The molecule has 0 aliphatic carbocycles. The van der Waals surface area contributed by atoms with E-state index in [2.05, 4.69) is 29.7 Å². The summed E-state index contributed by atoms with van der Waals surface area (Å²) in [5.74, 6) is 0.281. The van der Waals surface area contributed by atoms with Gasteiger partial charge >= 0.3 is 6.03 Å². The number of para-hydroxylation sites is 1. The first-order valence-electron chi connectivity index (χ1n) is 9.42. The lowest BCUT2D eigenvalue weighted by molar-refractivity contribution is -0.897. The number of fused-ring (bicyclic) bond motifs is 1. The number of hydrogen-bond acceptors (Lipinski definition) is 4. The summed E-state index contributed by atoms with van der Waals surface area (Å²) in [5, 5.41) is 6.35. The first-order valence-corrected chi connectivity index (χ1v) is 10.2. The number of amides is 3. The number of urea groups is 1. The maximum atomic E-state index is 12.0. The Bertz CT molecular complexity index is 720. The van der Waals surface area contributed by atoms with Gasteiger partial charge in [0.15, 0.2) is 6.54 Å². The lowest BCUT2D eigenvalue weighted by Gasteiger charge is -2.27. The predicted molar refractivity (Wildman–Crippen MR) is 104 cm³/mol. The predicted octanol–water partition coefficient (Wildman–Crippen LogP) is 1.68. The Morgan fingerprint density at radius 2 is 2.04 bits per heavy atom. The molecule has 1 aromatic carbocycles. The van der Waals surface area contributed by atoms with Crippen molar-refractivity contribution in [3.8, 4) is 0 Å². The summed E-state index contributed by atoms with van der Waals surface area (Å²) in [6.07, 6.45) is 4.00. The summed E-state index contributed by atoms with van der Waals surface area (Å²) >= 11 is 1.78. The highest BCUT2D eigenvalue weighted by Crippen LogP contribution is 2.31. The highest BCUT2D eigenvalue weighted by Gasteiger charge is 2.27. The number of likely N-dealkylation sites (tertiary alicyclic amines) is 1. The molecule has 2 aromatic rings. The molecule has 0 saturated carbocycles. The fourth-order valence-electron chi connectivity index (χ4n) is 3.34. The first kappa shape index (κ1) is 18.8. The molecular weight excluding hydrogens is 348 g/mol. The van der Waals surface area contributed by atoms with E-state index >= 15 is 0 Å². The summed E-state index contributed by atoms with van der Waals surface area (Å²) in [4.78, 5) is 29.7. The van der Waals surface area contributed by atoms with Gasteiger partial charge in [0.25, 0.3) is 5.91 Å². The van der Waals surface area contributed by atoms with Gasteiger partial charge in [0.05, 0.1) is 28.3 Å². The molecular formula is C19H27N4O2S+. The van der Waals surface area contributed by atoms with Crippen LogP contribution in [0.25, 0.3) is 10.2 Å². The van der Waals surface area contributed by atoms with E-state index in [1.54, 1.807) is 11.3 Å². The molecule has 1 aliphatic heterocycles. The number of nitrogens with one attached hydrogen (secondary N) is 3. The minimum atomic E-state index is -0.382. The number of quaternary nitrogens is 1. The van der Waals surface area contributed by atoms with Crippen LogP contribution in [0.4, 0.5) is 4.79 Å². The zero-order valence-electron chi connectivity index (χ0n) is 15.2. The van der Waals surface area contributed by atoms with Crippen molar-refractivity contribution in [2.75, 3.05) is 26.2 Å². The summed E-state index contributed by atoms with van der Waals surface area (Å²) in [7, 11) is 0. The number of carbonyl (C=O) groups excluding carboxylic acids is 2. The summed E-state index contributed by atoms with van der Waals surface area (Å²) in [6.45, 7) is 4.90. The number of nitrogens with zero attached hydrogens (tertiary/aromatic N) is 1. The number of piperidine rings is 1. The van der Waals surface area contributed by atoms with Crippen molar-refractivity contribution in [2.24, 2.45) is 0 Å². The van der Waals surface area contributed by atoms with Crippen molar-refractivity contribution in [1.82, 2.24) is 15.6 Å². The fraction of sp³-hybridized carbons (Fsp3) is 0.526. The van der Waals surface area contributed by atoms with Gasteiger partial charge in [-0.05, 0) is 18.6 Å². The van der Waals surface area contributed by atoms with Crippen LogP contribution in [-0.4, -0.2) is 43.1 Å². The minimum Gasteiger partial charge on any atom is -0.338 e. The monoisotopic (exact) mass is 375 g/mol. The second kappa shape index (κ2) is 9.09. The Morgan fingerprint density at radius 1 is 1.27 bits per heavy atom. The molecule has 3 amide bonds. The third-order valence-electron chi connectivity index (χ3n) is 4.83. The van der Waals surface area contributed by atoms with E-state index in [0.717, 1.165) is 44.3 Å². The summed E-state index contributed by atoms with van der Waals surface area (Å²) < 4.78 is 1.24. The zero-order chi connectivity index (χ0) is 18.4. The quantitative estimate of drug-likeness (QED) is 0.673. The number of thiazole rings is 1. The second-order valence-corrected chi connectivity index (χ2v) is 7.94. The Labute approximate surface area is 158 Å². The molecule has 0 unspecified atom stereocenters. The Balaban J connectivity index is 1.43. The van der Waals surface area contributed by atoms with Crippen molar-refractivity contribution in [3.05, 3.63) is 29.3 Å². The van der Waals surface area contributed by atoms with Gasteiger partial charge in [-0.1, -0.05) is 25.5 Å². The lowest BCUT2D eigenvalue weighted by Crippen LogP contribution is -3.14. The molecule has 0 spiro atoms. The van der Waals surface area contributed by atoms with Crippen molar-refractivity contribution in [3.63, 3.8) is 0 Å². The van der Waals surface area contributed by atoms with Crippen LogP contribution in [0.3, 0.4) is 0 Å². The maximum absolute atomic E-state index is 12.0. The van der Waals surface area contributed by atoms with Crippen molar-refractivity contribution in [2.45, 2.75) is 38.5 Å². The third-order valence-corrected chi connectivity index (χ3v) is 6.03.